The fourth-order valence-electron chi connectivity index (χ4n) is 9.92. The van der Waals surface area contributed by atoms with Gasteiger partial charge in [0.15, 0.2) is 6.29 Å². The van der Waals surface area contributed by atoms with E-state index in [-0.39, 0.29) is 17.9 Å². The molecule has 3 unspecified atom stereocenters. The third-order valence-corrected chi connectivity index (χ3v) is 16.3. The van der Waals surface area contributed by atoms with Crippen LogP contribution < -0.4 is 34.7 Å². The molecule has 0 amide bonds. The first-order valence-corrected chi connectivity index (χ1v) is 31.7. The Morgan fingerprint density at radius 3 is 1.50 bits per heavy atom. The third kappa shape index (κ3) is 18.9. The molecule has 2 aromatic carbocycles. The summed E-state index contributed by atoms with van der Waals surface area (Å²) < 4.78 is 37.3. The van der Waals surface area contributed by atoms with Gasteiger partial charge >= 0.3 is 0 Å². The maximum atomic E-state index is 12.0. The Labute approximate surface area is 590 Å². The van der Waals surface area contributed by atoms with Crippen molar-refractivity contribution in [3.05, 3.63) is 264 Å². The number of benzene rings is 2. The molecule has 12 heterocycles. The number of anilines is 1. The molecule has 518 valence electrons. The number of ketones is 1. The maximum Gasteiger partial charge on any atom is 0.212 e. The summed E-state index contributed by atoms with van der Waals surface area (Å²) in [5.74, 6) is 2.59. The minimum absolute atomic E-state index is 0.102. The monoisotopic (exact) mass is 1430 g/mol. The zero-order chi connectivity index (χ0) is 72.0. The predicted molar refractivity (Wildman–Crippen MR) is 384 cm³/mol. The fourth-order valence-corrected chi connectivity index (χ4v) is 10.1. The first kappa shape index (κ1) is 72.9. The first-order valence-electron chi connectivity index (χ1n) is 30.9. The number of hydrogen-bond acceptors (Lipinski definition) is 22. The van der Waals surface area contributed by atoms with E-state index in [1.54, 1.807) is 155 Å². The molecule has 12 aromatic heterocycles. The van der Waals surface area contributed by atoms with Crippen molar-refractivity contribution in [2.45, 2.75) is 18.2 Å². The number of aryl methyl sites for hydroxylation is 6. The van der Waals surface area contributed by atoms with Gasteiger partial charge in [-0.3, -0.25) is 19.6 Å². The normalized spacial score (nSPS) is 11.4. The van der Waals surface area contributed by atoms with Gasteiger partial charge in [0.1, 0.15) is 16.4 Å². The van der Waals surface area contributed by atoms with Crippen LogP contribution in [0, 0.1) is 0 Å². The van der Waals surface area contributed by atoms with Gasteiger partial charge < -0.3 is 67.2 Å². The average molecular weight is 1430 g/mol. The summed E-state index contributed by atoms with van der Waals surface area (Å²) in [4.78, 5) is 71.9. The highest BCUT2D eigenvalue weighted by atomic mass is 79.9. The molecule has 0 bridgehead atoms. The number of methoxy groups -OCH3 is 5. The van der Waals surface area contributed by atoms with Crippen LogP contribution in [0.25, 0.3) is 33.1 Å². The van der Waals surface area contributed by atoms with Crippen molar-refractivity contribution >= 4 is 55.6 Å². The highest BCUT2D eigenvalue weighted by Crippen LogP contribution is 2.35. The number of halogens is 1. The molecule has 29 heteroatoms. The average Bonchev–Trinajstić information content (AvgIpc) is 1.74. The van der Waals surface area contributed by atoms with Crippen LogP contribution in [0.1, 0.15) is 78.4 Å². The third-order valence-electron chi connectivity index (χ3n) is 15.6. The van der Waals surface area contributed by atoms with Gasteiger partial charge in [-0.25, -0.2) is 49.8 Å². The van der Waals surface area contributed by atoms with E-state index in [1.165, 1.54) is 43.7 Å². The molecule has 0 aliphatic carbocycles. The van der Waals surface area contributed by atoms with E-state index in [4.69, 9.17) is 29.4 Å². The lowest BCUT2D eigenvalue weighted by Crippen LogP contribution is -2.16. The summed E-state index contributed by atoms with van der Waals surface area (Å²) in [5.41, 5.74) is 18.9. The number of aromatic nitrogens is 18. The van der Waals surface area contributed by atoms with Crippen LogP contribution in [0.3, 0.4) is 0 Å². The van der Waals surface area contributed by atoms with E-state index in [0.29, 0.717) is 51.8 Å². The molecule has 28 nitrogen and oxygen atoms in total. The molecule has 0 spiro atoms. The van der Waals surface area contributed by atoms with Crippen molar-refractivity contribution in [1.29, 1.82) is 0 Å². The second kappa shape index (κ2) is 35.2. The highest BCUT2D eigenvalue weighted by molar-refractivity contribution is 9.10. The van der Waals surface area contributed by atoms with Crippen LogP contribution >= 0.6 is 15.9 Å². The molecule has 0 aliphatic rings. The summed E-state index contributed by atoms with van der Waals surface area (Å²) in [6, 6.07) is 30.1. The zero-order valence-corrected chi connectivity index (χ0v) is 58.8. The van der Waals surface area contributed by atoms with Crippen molar-refractivity contribution < 1.29 is 38.4 Å². The van der Waals surface area contributed by atoms with Gasteiger partial charge in [-0.2, -0.15) is 0 Å². The molecule has 101 heavy (non-hydrogen) atoms. The van der Waals surface area contributed by atoms with Crippen molar-refractivity contribution in [2.75, 3.05) is 40.9 Å². The van der Waals surface area contributed by atoms with Gasteiger partial charge in [0.05, 0.1) is 138 Å². The molecule has 0 saturated heterocycles. The van der Waals surface area contributed by atoms with Crippen molar-refractivity contribution in [1.82, 2.24) is 87.2 Å². The number of carbonyl (C=O) groups excluding carboxylic acids is 2. The van der Waals surface area contributed by atoms with Crippen LogP contribution in [0.2, 0.25) is 0 Å². The Bertz CT molecular complexity index is 4810. The second-order valence-electron chi connectivity index (χ2n) is 22.2. The number of aliphatic hydroxyl groups excluding tert-OH is 1. The Morgan fingerprint density at radius 1 is 0.505 bits per heavy atom. The number of rotatable bonds is 17. The standard InChI is InChI=1S/C28H25N7O.C11H14N4O.C11H13N3O2.C11H11N3O2.C7H7NO2.C4H5BrN2/c1-34-11-8-18-4-5-19(12-24(18)34)22-13-21(14-23-28(22)31-10-9-30-23)33-27(25-16-29-17-35(25)2)20-6-7-26(36-3)32-15-20;1-15-7-13-6-9(15)11(12)8-3-4-10(16-2)14-5-8;2*1-14-7-12-6-9(14)11(15)8-3-4-10(16-2)13-5-8;1-10-7-3-2-6(5-9)4-8-7;1-7-3-6-2-4(7)5/h4-17,27,33H,1-3H3;3-7,11H,12H2,1-2H3;3-7,11,15H,1-2H3;3-7H,1-2H3;2-5H,1H3;2-3H,1H3. The van der Waals surface area contributed by atoms with Gasteiger partial charge in [0, 0.05) is 156 Å². The molecule has 3 atom stereocenters. The lowest BCUT2D eigenvalue weighted by atomic mass is 10.0. The van der Waals surface area contributed by atoms with Crippen molar-refractivity contribution in [3.8, 4) is 40.5 Å². The number of hydrogen-bond donors (Lipinski definition) is 3. The van der Waals surface area contributed by atoms with Gasteiger partial charge in [-0.1, -0.05) is 18.2 Å². The predicted octanol–water partition coefficient (Wildman–Crippen LogP) is 10.0. The summed E-state index contributed by atoms with van der Waals surface area (Å²) in [6.45, 7) is 0. The smallest absolute Gasteiger partial charge is 0.212 e. The Hall–Kier alpha value is -12.3. The van der Waals surface area contributed by atoms with Crippen LogP contribution in [-0.4, -0.2) is 140 Å². The van der Waals surface area contributed by atoms with E-state index in [2.05, 4.69) is 129 Å². The molecular weight excluding hydrogens is 1350 g/mol. The topological polar surface area (TPSA) is 323 Å². The summed E-state index contributed by atoms with van der Waals surface area (Å²) in [6.07, 6.45) is 30.7. The minimum atomic E-state index is -0.717. The first-order chi connectivity index (χ1) is 48.9. The Morgan fingerprint density at radius 2 is 1.02 bits per heavy atom. The SMILES string of the molecule is COc1ccc(C(=O)c2cncn2C)cn1.COc1ccc(C(N)c2cncn2C)cn1.COc1ccc(C(Nc2cc(-c3ccc4ccn(C)c4c3)c3nccnc3c2)c2cncn2C)cn1.COc1ccc(C(O)c2cncn2C)cn1.COc1ccc(C=O)cn1.Cn1cncc1Br. The Balaban J connectivity index is 0.000000154. The van der Waals surface area contributed by atoms with Crippen LogP contribution in [0.15, 0.2) is 214 Å². The summed E-state index contributed by atoms with van der Waals surface area (Å²) in [7, 11) is 19.3. The van der Waals surface area contributed by atoms with E-state index in [9.17, 15) is 14.7 Å². The zero-order valence-electron chi connectivity index (χ0n) is 57.2. The largest absolute Gasteiger partial charge is 0.481 e. The van der Waals surface area contributed by atoms with Crippen LogP contribution in [0.4, 0.5) is 5.69 Å². The van der Waals surface area contributed by atoms with Crippen LogP contribution in [0.5, 0.6) is 29.4 Å². The number of nitrogens with one attached hydrogen (secondary N) is 1. The van der Waals surface area contributed by atoms with Crippen molar-refractivity contribution in [3.63, 3.8) is 0 Å². The lowest BCUT2D eigenvalue weighted by Gasteiger charge is -2.22. The number of aldehydes is 1. The van der Waals surface area contributed by atoms with Gasteiger partial charge in [0.25, 0.3) is 0 Å². The number of carbonyl (C=O) groups is 2. The molecule has 0 saturated carbocycles. The van der Waals surface area contributed by atoms with Gasteiger partial charge in [-0.15, -0.1) is 0 Å². The molecule has 14 rings (SSSR count). The van der Waals surface area contributed by atoms with E-state index in [1.807, 2.05) is 78.6 Å². The molecule has 0 radical (unpaired) electrons. The quantitative estimate of drug-likeness (QED) is 0.0563. The second-order valence-corrected chi connectivity index (χ2v) is 23.0. The maximum absolute atomic E-state index is 12.0. The minimum Gasteiger partial charge on any atom is -0.481 e. The number of pyridine rings is 5. The number of imidazole rings is 5. The fraction of sp³-hybridized carbons (Fsp3) is 0.194. The lowest BCUT2D eigenvalue weighted by molar-refractivity contribution is 0.103. The molecule has 4 N–H and O–H groups in total. The number of nitrogens with two attached hydrogens (primary N) is 1. The van der Waals surface area contributed by atoms with E-state index >= 15 is 0 Å². The molecular formula is C72H75BrN20O8. The highest BCUT2D eigenvalue weighted by Gasteiger charge is 2.21. The number of aliphatic hydroxyl groups is 1. The van der Waals surface area contributed by atoms with Gasteiger partial charge in [-0.05, 0) is 86.5 Å². The molecule has 0 fully saturated rings. The summed E-state index contributed by atoms with van der Waals surface area (Å²) in [5, 5.41) is 15.0. The van der Waals surface area contributed by atoms with Gasteiger partial charge in [0.2, 0.25) is 35.2 Å². The number of ether oxygens (including phenoxy) is 5. The van der Waals surface area contributed by atoms with Crippen LogP contribution in [-0.2, 0) is 42.3 Å². The molecule has 14 aromatic rings. The summed E-state index contributed by atoms with van der Waals surface area (Å²) >= 11 is 3.27. The van der Waals surface area contributed by atoms with E-state index in [0.717, 1.165) is 66.9 Å². The van der Waals surface area contributed by atoms with E-state index < -0.39 is 6.10 Å². The van der Waals surface area contributed by atoms with Crippen molar-refractivity contribution in [2.24, 2.45) is 48.0 Å². The number of nitrogens with zero attached hydrogens (tertiary/aromatic N) is 18. The number of fused-ring (bicyclic) bond motifs is 2. The Kier molecular flexibility index (Phi) is 25.4. The molecule has 0 aliphatic heterocycles.